The molecule has 0 saturated carbocycles. The molecule has 1 saturated heterocycles. The van der Waals surface area contributed by atoms with Crippen LogP contribution in [0.5, 0.6) is 5.75 Å². The van der Waals surface area contributed by atoms with Crippen molar-refractivity contribution in [3.63, 3.8) is 0 Å². The molecule has 2 rings (SSSR count). The average molecular weight is 227 g/mol. The molecule has 2 nitrogen and oxygen atoms in total. The quantitative estimate of drug-likeness (QED) is 0.770. The summed E-state index contributed by atoms with van der Waals surface area (Å²) >= 11 is 0. The van der Waals surface area contributed by atoms with Gasteiger partial charge in [0.05, 0.1) is 0 Å². The standard InChI is InChI=1S/C12H15F2NO/c1-15-8-3-2-7-11(15)16-12-9(13)5-4-6-10(12)14/h4-6,11H,2-3,7-8H2,1H3. The van der Waals surface area contributed by atoms with Crippen molar-refractivity contribution >= 4 is 0 Å². The monoisotopic (exact) mass is 227 g/mol. The predicted octanol–water partition coefficient (Wildman–Crippen LogP) is 2.79. The first-order valence-corrected chi connectivity index (χ1v) is 5.49. The predicted molar refractivity (Wildman–Crippen MR) is 57.3 cm³/mol. The Morgan fingerprint density at radius 1 is 1.25 bits per heavy atom. The van der Waals surface area contributed by atoms with Crippen LogP contribution < -0.4 is 4.74 Å². The second-order valence-corrected chi connectivity index (χ2v) is 4.10. The molecule has 16 heavy (non-hydrogen) atoms. The summed E-state index contributed by atoms with van der Waals surface area (Å²) < 4.78 is 32.1. The molecule has 4 heteroatoms. The van der Waals surface area contributed by atoms with Crippen LogP contribution in [0.4, 0.5) is 8.78 Å². The minimum atomic E-state index is -0.640. The van der Waals surface area contributed by atoms with E-state index in [1.54, 1.807) is 0 Å². The first-order valence-electron chi connectivity index (χ1n) is 5.49. The Kier molecular flexibility index (Phi) is 3.39. The Morgan fingerprint density at radius 3 is 2.56 bits per heavy atom. The van der Waals surface area contributed by atoms with Gasteiger partial charge in [-0.15, -0.1) is 0 Å². The Balaban J connectivity index is 2.13. The van der Waals surface area contributed by atoms with Crippen molar-refractivity contribution < 1.29 is 13.5 Å². The molecule has 0 amide bonds. The van der Waals surface area contributed by atoms with E-state index < -0.39 is 11.6 Å². The third-order valence-electron chi connectivity index (χ3n) is 2.88. The first-order chi connectivity index (χ1) is 7.68. The summed E-state index contributed by atoms with van der Waals surface area (Å²) in [6.07, 6.45) is 2.73. The van der Waals surface area contributed by atoms with Crippen molar-refractivity contribution in [1.29, 1.82) is 0 Å². The molecule has 0 spiro atoms. The Morgan fingerprint density at radius 2 is 1.94 bits per heavy atom. The third-order valence-corrected chi connectivity index (χ3v) is 2.88. The Bertz CT molecular complexity index is 350. The van der Waals surface area contributed by atoms with Gasteiger partial charge in [0.25, 0.3) is 0 Å². The average Bonchev–Trinajstić information content (AvgIpc) is 2.26. The molecule has 0 aromatic heterocycles. The second kappa shape index (κ2) is 4.78. The van der Waals surface area contributed by atoms with Gasteiger partial charge in [0, 0.05) is 6.54 Å². The van der Waals surface area contributed by atoms with Crippen LogP contribution in [0.2, 0.25) is 0 Å². The number of likely N-dealkylation sites (tertiary alicyclic amines) is 1. The van der Waals surface area contributed by atoms with Crippen molar-refractivity contribution in [3.05, 3.63) is 29.8 Å². The van der Waals surface area contributed by atoms with Gasteiger partial charge in [0.1, 0.15) is 0 Å². The van der Waals surface area contributed by atoms with Crippen molar-refractivity contribution in [2.45, 2.75) is 25.5 Å². The Hall–Kier alpha value is -1.16. The number of hydrogen-bond donors (Lipinski definition) is 0. The largest absolute Gasteiger partial charge is 0.469 e. The zero-order valence-corrected chi connectivity index (χ0v) is 9.25. The molecular weight excluding hydrogens is 212 g/mol. The SMILES string of the molecule is CN1CCCCC1Oc1c(F)cccc1F. The van der Waals surface area contributed by atoms with Gasteiger partial charge in [-0.2, -0.15) is 0 Å². The number of para-hydroxylation sites is 1. The minimum absolute atomic E-state index is 0.222. The summed E-state index contributed by atoms with van der Waals surface area (Å²) in [7, 11) is 1.91. The van der Waals surface area contributed by atoms with E-state index in [9.17, 15) is 8.78 Å². The van der Waals surface area contributed by atoms with Crippen molar-refractivity contribution in [2.75, 3.05) is 13.6 Å². The fraction of sp³-hybridized carbons (Fsp3) is 0.500. The minimum Gasteiger partial charge on any atom is -0.469 e. The van der Waals surface area contributed by atoms with Gasteiger partial charge >= 0.3 is 0 Å². The van der Waals surface area contributed by atoms with Gasteiger partial charge in [-0.25, -0.2) is 8.78 Å². The number of hydrogen-bond acceptors (Lipinski definition) is 2. The fourth-order valence-electron chi connectivity index (χ4n) is 1.92. The summed E-state index contributed by atoms with van der Waals surface area (Å²) in [5, 5.41) is 0. The van der Waals surface area contributed by atoms with E-state index in [1.807, 2.05) is 11.9 Å². The molecule has 0 N–H and O–H groups in total. The maximum atomic E-state index is 13.3. The van der Waals surface area contributed by atoms with Crippen LogP contribution in [0.15, 0.2) is 18.2 Å². The topological polar surface area (TPSA) is 12.5 Å². The van der Waals surface area contributed by atoms with Gasteiger partial charge in [-0.05, 0) is 38.4 Å². The van der Waals surface area contributed by atoms with Crippen LogP contribution in [0.3, 0.4) is 0 Å². The lowest BCUT2D eigenvalue weighted by Gasteiger charge is -2.32. The van der Waals surface area contributed by atoms with E-state index in [1.165, 1.54) is 18.2 Å². The summed E-state index contributed by atoms with van der Waals surface area (Å²) in [6, 6.07) is 3.75. The number of halogens is 2. The molecule has 1 aromatic rings. The molecular formula is C12H15F2NO. The number of nitrogens with zero attached hydrogens (tertiary/aromatic N) is 1. The summed E-state index contributed by atoms with van der Waals surface area (Å²) in [4.78, 5) is 1.98. The van der Waals surface area contributed by atoms with Gasteiger partial charge in [0.15, 0.2) is 23.6 Å². The smallest absolute Gasteiger partial charge is 0.192 e. The lowest BCUT2D eigenvalue weighted by atomic mass is 10.1. The van der Waals surface area contributed by atoms with Crippen molar-refractivity contribution in [1.82, 2.24) is 4.90 Å². The number of ether oxygens (including phenoxy) is 1. The first kappa shape index (κ1) is 11.3. The lowest BCUT2D eigenvalue weighted by molar-refractivity contribution is 0.00951. The molecule has 0 bridgehead atoms. The number of benzene rings is 1. The molecule has 1 heterocycles. The van der Waals surface area contributed by atoms with E-state index in [0.717, 1.165) is 25.8 Å². The molecule has 1 aromatic carbocycles. The van der Waals surface area contributed by atoms with Crippen molar-refractivity contribution in [2.24, 2.45) is 0 Å². The van der Waals surface area contributed by atoms with E-state index in [-0.39, 0.29) is 12.0 Å². The van der Waals surface area contributed by atoms with Crippen LogP contribution in [-0.4, -0.2) is 24.7 Å². The highest BCUT2D eigenvalue weighted by Gasteiger charge is 2.23. The van der Waals surface area contributed by atoms with E-state index in [4.69, 9.17) is 4.74 Å². The normalized spacial score (nSPS) is 22.1. The zero-order chi connectivity index (χ0) is 11.5. The zero-order valence-electron chi connectivity index (χ0n) is 9.25. The van der Waals surface area contributed by atoms with Gasteiger partial charge in [0.2, 0.25) is 0 Å². The maximum Gasteiger partial charge on any atom is 0.192 e. The molecule has 0 radical (unpaired) electrons. The second-order valence-electron chi connectivity index (χ2n) is 4.10. The number of rotatable bonds is 2. The van der Waals surface area contributed by atoms with Crippen molar-refractivity contribution in [3.8, 4) is 5.75 Å². The van der Waals surface area contributed by atoms with E-state index >= 15 is 0 Å². The maximum absolute atomic E-state index is 13.3. The molecule has 1 fully saturated rings. The van der Waals surface area contributed by atoms with Crippen LogP contribution in [-0.2, 0) is 0 Å². The molecule has 1 aliphatic rings. The van der Waals surface area contributed by atoms with Crippen LogP contribution in [0.25, 0.3) is 0 Å². The molecule has 0 aliphatic carbocycles. The highest BCUT2D eigenvalue weighted by atomic mass is 19.1. The molecule has 1 aliphatic heterocycles. The molecule has 88 valence electrons. The van der Waals surface area contributed by atoms with Crippen LogP contribution in [0.1, 0.15) is 19.3 Å². The van der Waals surface area contributed by atoms with Crippen LogP contribution in [0, 0.1) is 11.6 Å². The van der Waals surface area contributed by atoms with E-state index in [0.29, 0.717) is 0 Å². The molecule has 1 unspecified atom stereocenters. The van der Waals surface area contributed by atoms with Gasteiger partial charge < -0.3 is 4.74 Å². The molecule has 1 atom stereocenters. The van der Waals surface area contributed by atoms with Crippen LogP contribution >= 0.6 is 0 Å². The van der Waals surface area contributed by atoms with Gasteiger partial charge in [-0.1, -0.05) is 6.07 Å². The number of piperidine rings is 1. The van der Waals surface area contributed by atoms with E-state index in [2.05, 4.69) is 0 Å². The summed E-state index contributed by atoms with van der Waals surface area (Å²) in [5.41, 5.74) is 0. The summed E-state index contributed by atoms with van der Waals surface area (Å²) in [6.45, 7) is 0.904. The fourth-order valence-corrected chi connectivity index (χ4v) is 1.92. The van der Waals surface area contributed by atoms with Gasteiger partial charge in [-0.3, -0.25) is 4.90 Å². The highest BCUT2D eigenvalue weighted by Crippen LogP contribution is 2.25. The summed E-state index contributed by atoms with van der Waals surface area (Å²) in [5.74, 6) is -1.54. The Labute approximate surface area is 93.8 Å². The third kappa shape index (κ3) is 2.32. The lowest BCUT2D eigenvalue weighted by Crippen LogP contribution is -2.40. The highest BCUT2D eigenvalue weighted by molar-refractivity contribution is 5.26.